The number of pyridine rings is 1. The molecular formula is C34H32N8O. The number of aromatic nitrogens is 5. The fraction of sp³-hybridized carbons (Fsp3) is 0.147. The molecule has 3 aromatic carbocycles. The van der Waals surface area contributed by atoms with Gasteiger partial charge in [-0.1, -0.05) is 68.8 Å². The van der Waals surface area contributed by atoms with Gasteiger partial charge in [0.05, 0.1) is 34.6 Å². The normalized spacial score (nSPS) is 11.3. The molecule has 214 valence electrons. The van der Waals surface area contributed by atoms with Crippen molar-refractivity contribution in [2.45, 2.75) is 33.1 Å². The lowest BCUT2D eigenvalue weighted by Crippen LogP contribution is -2.21. The fourth-order valence-electron chi connectivity index (χ4n) is 4.76. The topological polar surface area (TPSA) is 110 Å². The summed E-state index contributed by atoms with van der Waals surface area (Å²) in [6.07, 6.45) is 5.15. The van der Waals surface area contributed by atoms with Gasteiger partial charge in [0.1, 0.15) is 5.82 Å². The summed E-state index contributed by atoms with van der Waals surface area (Å²) in [5.41, 5.74) is 5.86. The number of aryl methyl sites for hydroxylation is 1. The molecule has 0 aliphatic heterocycles. The number of nitrogens with zero attached hydrogens (tertiary/aromatic N) is 5. The summed E-state index contributed by atoms with van der Waals surface area (Å²) in [6, 6.07) is 27.0. The van der Waals surface area contributed by atoms with Crippen molar-refractivity contribution < 1.29 is 4.79 Å². The van der Waals surface area contributed by atoms with E-state index in [4.69, 9.17) is 10.1 Å². The van der Waals surface area contributed by atoms with Crippen LogP contribution in [0.2, 0.25) is 0 Å². The van der Waals surface area contributed by atoms with Crippen LogP contribution in [-0.2, 0) is 5.41 Å². The first-order chi connectivity index (χ1) is 20.7. The predicted molar refractivity (Wildman–Crippen MR) is 172 cm³/mol. The number of fused-ring (bicyclic) bond motifs is 1. The molecule has 0 bridgehead atoms. The van der Waals surface area contributed by atoms with Crippen molar-refractivity contribution in [1.29, 1.82) is 0 Å². The smallest absolute Gasteiger partial charge is 0.323 e. The van der Waals surface area contributed by atoms with Crippen molar-refractivity contribution in [3.05, 3.63) is 115 Å². The molecule has 6 rings (SSSR count). The van der Waals surface area contributed by atoms with Crippen molar-refractivity contribution >= 4 is 39.9 Å². The van der Waals surface area contributed by atoms with Gasteiger partial charge in [0, 0.05) is 34.8 Å². The van der Waals surface area contributed by atoms with E-state index in [1.807, 2.05) is 91.9 Å². The van der Waals surface area contributed by atoms with Crippen LogP contribution in [0.1, 0.15) is 32.0 Å². The number of carbonyl (C=O) groups excluding carboxylic acids is 1. The second kappa shape index (κ2) is 11.4. The molecule has 3 N–H and O–H groups in total. The Bertz CT molecular complexity index is 1910. The van der Waals surface area contributed by atoms with Crippen LogP contribution in [0.4, 0.5) is 27.9 Å². The van der Waals surface area contributed by atoms with E-state index in [9.17, 15) is 4.79 Å². The van der Waals surface area contributed by atoms with Gasteiger partial charge in [-0.25, -0.2) is 19.4 Å². The van der Waals surface area contributed by atoms with Crippen molar-refractivity contribution in [3.63, 3.8) is 0 Å². The van der Waals surface area contributed by atoms with Crippen LogP contribution in [-0.4, -0.2) is 30.8 Å². The van der Waals surface area contributed by atoms with E-state index in [0.717, 1.165) is 44.7 Å². The first kappa shape index (κ1) is 27.6. The molecule has 0 atom stereocenters. The molecule has 0 spiro atoms. The molecule has 2 amide bonds. The Morgan fingerprint density at radius 1 is 0.837 bits per heavy atom. The van der Waals surface area contributed by atoms with Gasteiger partial charge in [0.2, 0.25) is 5.95 Å². The maximum atomic E-state index is 13.4. The number of rotatable bonds is 6. The zero-order valence-electron chi connectivity index (χ0n) is 24.5. The maximum absolute atomic E-state index is 13.4. The Hall–Kier alpha value is -5.57. The molecule has 0 fully saturated rings. The van der Waals surface area contributed by atoms with Gasteiger partial charge >= 0.3 is 6.03 Å². The first-order valence-corrected chi connectivity index (χ1v) is 14.0. The third kappa shape index (κ3) is 6.06. The summed E-state index contributed by atoms with van der Waals surface area (Å²) >= 11 is 0. The summed E-state index contributed by atoms with van der Waals surface area (Å²) in [7, 11) is 0. The standard InChI is InChI=1S/C34H32N8O/c1-22-11-13-24(14-12-22)42-31(20-30(41-42)34(2,3)4)40-33(43)39-28-16-15-27(25-9-5-6-10-26(25)28)29-17-19-36-32(38-29)37-23-8-7-18-35-21-23/h5-21H,1-4H3,(H,36,37,38)(H2,39,40,43). The number of carbonyl (C=O) groups is 1. The molecule has 0 aliphatic carbocycles. The molecule has 0 unspecified atom stereocenters. The third-order valence-electron chi connectivity index (χ3n) is 7.02. The highest BCUT2D eigenvalue weighted by molar-refractivity contribution is 6.09. The zero-order chi connectivity index (χ0) is 30.0. The number of urea groups is 1. The summed E-state index contributed by atoms with van der Waals surface area (Å²) in [4.78, 5) is 26.6. The molecule has 6 aromatic rings. The van der Waals surface area contributed by atoms with Gasteiger partial charge in [-0.05, 0) is 48.7 Å². The lowest BCUT2D eigenvalue weighted by molar-refractivity contribution is 0.262. The van der Waals surface area contributed by atoms with Crippen LogP contribution >= 0.6 is 0 Å². The van der Waals surface area contributed by atoms with Crippen LogP contribution in [0.5, 0.6) is 0 Å². The van der Waals surface area contributed by atoms with E-state index in [-0.39, 0.29) is 11.4 Å². The average Bonchev–Trinajstić information content (AvgIpc) is 3.43. The van der Waals surface area contributed by atoms with Crippen molar-refractivity contribution in [2.75, 3.05) is 16.0 Å². The Kier molecular flexibility index (Phi) is 7.29. The third-order valence-corrected chi connectivity index (χ3v) is 7.02. The quantitative estimate of drug-likeness (QED) is 0.189. The van der Waals surface area contributed by atoms with E-state index >= 15 is 0 Å². The minimum absolute atomic E-state index is 0.191. The zero-order valence-corrected chi connectivity index (χ0v) is 24.5. The monoisotopic (exact) mass is 568 g/mol. The highest BCUT2D eigenvalue weighted by Gasteiger charge is 2.22. The lowest BCUT2D eigenvalue weighted by atomic mass is 9.92. The van der Waals surface area contributed by atoms with E-state index in [0.29, 0.717) is 17.5 Å². The highest BCUT2D eigenvalue weighted by Crippen LogP contribution is 2.33. The van der Waals surface area contributed by atoms with Gasteiger partial charge < -0.3 is 10.6 Å². The summed E-state index contributed by atoms with van der Waals surface area (Å²) in [6.45, 7) is 8.34. The summed E-state index contributed by atoms with van der Waals surface area (Å²) in [5, 5.41) is 15.9. The van der Waals surface area contributed by atoms with Crippen LogP contribution in [0.15, 0.2) is 104 Å². The minimum atomic E-state index is -0.364. The minimum Gasteiger partial charge on any atom is -0.323 e. The van der Waals surface area contributed by atoms with Gasteiger partial charge in [0.15, 0.2) is 0 Å². The van der Waals surface area contributed by atoms with Crippen LogP contribution < -0.4 is 16.0 Å². The largest absolute Gasteiger partial charge is 0.324 e. The number of hydrogen-bond acceptors (Lipinski definition) is 6. The molecule has 0 radical (unpaired) electrons. The van der Waals surface area contributed by atoms with E-state index in [2.05, 4.69) is 46.7 Å². The molecule has 0 saturated heterocycles. The maximum Gasteiger partial charge on any atom is 0.324 e. The molecule has 9 nitrogen and oxygen atoms in total. The molecule has 3 heterocycles. The van der Waals surface area contributed by atoms with Gasteiger partial charge in [-0.2, -0.15) is 5.10 Å². The van der Waals surface area contributed by atoms with E-state index < -0.39 is 0 Å². The molecular weight excluding hydrogens is 536 g/mol. The Morgan fingerprint density at radius 3 is 2.37 bits per heavy atom. The fourth-order valence-corrected chi connectivity index (χ4v) is 4.76. The number of nitrogens with one attached hydrogen (secondary N) is 3. The van der Waals surface area contributed by atoms with Crippen molar-refractivity contribution in [1.82, 2.24) is 24.7 Å². The second-order valence-electron chi connectivity index (χ2n) is 11.3. The highest BCUT2D eigenvalue weighted by atomic mass is 16.2. The van der Waals surface area contributed by atoms with Crippen LogP contribution in [0.25, 0.3) is 27.7 Å². The number of anilines is 4. The van der Waals surface area contributed by atoms with Crippen LogP contribution in [0.3, 0.4) is 0 Å². The number of hydrogen-bond donors (Lipinski definition) is 3. The number of benzene rings is 3. The van der Waals surface area contributed by atoms with Gasteiger partial charge in [0.25, 0.3) is 0 Å². The molecule has 3 aromatic heterocycles. The first-order valence-electron chi connectivity index (χ1n) is 14.0. The molecule has 0 saturated carbocycles. The van der Waals surface area contributed by atoms with E-state index in [1.165, 1.54) is 0 Å². The van der Waals surface area contributed by atoms with Crippen LogP contribution in [0, 0.1) is 6.92 Å². The summed E-state index contributed by atoms with van der Waals surface area (Å²) in [5.74, 6) is 1.05. The predicted octanol–water partition coefficient (Wildman–Crippen LogP) is 7.87. The number of amides is 2. The molecule has 9 heteroatoms. The molecule has 0 aliphatic rings. The Morgan fingerprint density at radius 2 is 1.63 bits per heavy atom. The van der Waals surface area contributed by atoms with E-state index in [1.54, 1.807) is 23.3 Å². The average molecular weight is 569 g/mol. The lowest BCUT2D eigenvalue weighted by Gasteiger charge is -2.14. The van der Waals surface area contributed by atoms with Gasteiger partial charge in [-0.3, -0.25) is 10.3 Å². The Balaban J connectivity index is 1.29. The summed E-state index contributed by atoms with van der Waals surface area (Å²) < 4.78 is 1.77. The van der Waals surface area contributed by atoms with Gasteiger partial charge in [-0.15, -0.1) is 0 Å². The second-order valence-corrected chi connectivity index (χ2v) is 11.3. The van der Waals surface area contributed by atoms with Crippen molar-refractivity contribution in [3.8, 4) is 16.9 Å². The SMILES string of the molecule is Cc1ccc(-n2nc(C(C)(C)C)cc2NC(=O)Nc2ccc(-c3ccnc(Nc4cccnc4)n3)c3ccccc23)cc1. The Labute approximate surface area is 250 Å². The molecule has 43 heavy (non-hydrogen) atoms. The van der Waals surface area contributed by atoms with Crippen molar-refractivity contribution in [2.24, 2.45) is 0 Å².